The summed E-state index contributed by atoms with van der Waals surface area (Å²) in [5.74, 6) is 0.985. The fraction of sp³-hybridized carbons (Fsp3) is 0.538. The summed E-state index contributed by atoms with van der Waals surface area (Å²) in [6, 6.07) is 9.16. The van der Waals surface area contributed by atoms with Crippen LogP contribution in [0, 0.1) is 0 Å². The van der Waals surface area contributed by atoms with Crippen molar-refractivity contribution in [3.05, 3.63) is 29.8 Å². The summed E-state index contributed by atoms with van der Waals surface area (Å²) < 4.78 is 0. The molecule has 3 heteroatoms. The Morgan fingerprint density at radius 2 is 2.00 bits per heavy atom. The van der Waals surface area contributed by atoms with Gasteiger partial charge in [0.2, 0.25) is 0 Å². The van der Waals surface area contributed by atoms with E-state index in [1.54, 1.807) is 11.8 Å². The van der Waals surface area contributed by atoms with E-state index in [0.717, 1.165) is 18.6 Å². The first kappa shape index (κ1) is 13.6. The Balaban J connectivity index is 2.53. The van der Waals surface area contributed by atoms with E-state index in [1.807, 2.05) is 7.05 Å². The van der Waals surface area contributed by atoms with Gasteiger partial charge in [-0.3, -0.25) is 0 Å². The fourth-order valence-electron chi connectivity index (χ4n) is 1.66. The van der Waals surface area contributed by atoms with Gasteiger partial charge in [-0.15, -0.1) is 11.8 Å². The zero-order valence-corrected chi connectivity index (χ0v) is 10.9. The lowest BCUT2D eigenvalue weighted by Crippen LogP contribution is -2.14. The third kappa shape index (κ3) is 4.16. The minimum atomic E-state index is 0.281. The Labute approximate surface area is 102 Å². The van der Waals surface area contributed by atoms with Gasteiger partial charge in [0.05, 0.1) is 0 Å². The Kier molecular flexibility index (Phi) is 6.53. The molecule has 1 atom stereocenters. The van der Waals surface area contributed by atoms with Crippen LogP contribution in [0.3, 0.4) is 0 Å². The van der Waals surface area contributed by atoms with Gasteiger partial charge in [0.25, 0.3) is 0 Å². The fourth-order valence-corrected chi connectivity index (χ4v) is 2.50. The maximum absolute atomic E-state index is 8.70. The van der Waals surface area contributed by atoms with Crippen LogP contribution in [0.1, 0.15) is 31.4 Å². The van der Waals surface area contributed by atoms with Crippen molar-refractivity contribution in [1.82, 2.24) is 5.32 Å². The molecule has 1 rings (SSSR count). The molecule has 90 valence electrons. The number of aliphatic hydroxyl groups is 1. The van der Waals surface area contributed by atoms with Gasteiger partial charge in [-0.05, 0) is 37.6 Å². The molecular formula is C13H21NOS. The van der Waals surface area contributed by atoms with E-state index in [4.69, 9.17) is 5.11 Å². The lowest BCUT2D eigenvalue weighted by atomic mass is 10.1. The molecule has 0 aliphatic heterocycles. The Morgan fingerprint density at radius 1 is 1.31 bits per heavy atom. The van der Waals surface area contributed by atoms with Crippen LogP contribution < -0.4 is 5.32 Å². The minimum Gasteiger partial charge on any atom is -0.396 e. The topological polar surface area (TPSA) is 32.3 Å². The SMILES string of the molecule is CCC(NC)c1ccc(SCCCO)cc1. The van der Waals surface area contributed by atoms with E-state index >= 15 is 0 Å². The van der Waals surface area contributed by atoms with Gasteiger partial charge < -0.3 is 10.4 Å². The van der Waals surface area contributed by atoms with Gasteiger partial charge in [-0.2, -0.15) is 0 Å². The smallest absolute Gasteiger partial charge is 0.0439 e. The number of nitrogens with one attached hydrogen (secondary N) is 1. The minimum absolute atomic E-state index is 0.281. The monoisotopic (exact) mass is 239 g/mol. The molecule has 16 heavy (non-hydrogen) atoms. The molecule has 2 nitrogen and oxygen atoms in total. The third-order valence-electron chi connectivity index (χ3n) is 2.61. The van der Waals surface area contributed by atoms with Crippen molar-refractivity contribution in [2.45, 2.75) is 30.7 Å². The first-order valence-corrected chi connectivity index (χ1v) is 6.81. The van der Waals surface area contributed by atoms with Gasteiger partial charge in [0.15, 0.2) is 0 Å². The molecule has 0 aliphatic carbocycles. The zero-order valence-electron chi connectivity index (χ0n) is 10.1. The van der Waals surface area contributed by atoms with Crippen LogP contribution >= 0.6 is 11.8 Å². The van der Waals surface area contributed by atoms with E-state index < -0.39 is 0 Å². The summed E-state index contributed by atoms with van der Waals surface area (Å²) in [5, 5.41) is 12.0. The van der Waals surface area contributed by atoms with Gasteiger partial charge in [0, 0.05) is 23.3 Å². The lowest BCUT2D eigenvalue weighted by Gasteiger charge is -2.14. The van der Waals surface area contributed by atoms with Gasteiger partial charge in [-0.1, -0.05) is 19.1 Å². The van der Waals surface area contributed by atoms with Crippen LogP contribution in [-0.2, 0) is 0 Å². The number of hydrogen-bond acceptors (Lipinski definition) is 3. The van der Waals surface area contributed by atoms with E-state index in [-0.39, 0.29) is 6.61 Å². The quantitative estimate of drug-likeness (QED) is 0.567. The number of benzene rings is 1. The van der Waals surface area contributed by atoms with Crippen LogP contribution in [0.2, 0.25) is 0 Å². The molecule has 0 saturated carbocycles. The van der Waals surface area contributed by atoms with Crippen molar-refractivity contribution >= 4 is 11.8 Å². The summed E-state index contributed by atoms with van der Waals surface area (Å²) in [6.45, 7) is 2.47. The first-order chi connectivity index (χ1) is 7.81. The molecule has 0 aromatic heterocycles. The summed E-state index contributed by atoms with van der Waals surface area (Å²) in [5.41, 5.74) is 1.34. The highest BCUT2D eigenvalue weighted by Gasteiger charge is 2.05. The normalized spacial score (nSPS) is 12.7. The molecule has 1 unspecified atom stereocenters. The first-order valence-electron chi connectivity index (χ1n) is 5.82. The predicted octanol–water partition coefficient (Wildman–Crippen LogP) is 2.83. The molecule has 1 aromatic rings. The summed E-state index contributed by atoms with van der Waals surface area (Å²) in [6.07, 6.45) is 1.97. The molecule has 2 N–H and O–H groups in total. The molecule has 0 aliphatic rings. The second kappa shape index (κ2) is 7.71. The van der Waals surface area contributed by atoms with Crippen molar-refractivity contribution in [1.29, 1.82) is 0 Å². The van der Waals surface area contributed by atoms with Crippen molar-refractivity contribution in [3.63, 3.8) is 0 Å². The Bertz CT molecular complexity index is 282. The highest BCUT2D eigenvalue weighted by molar-refractivity contribution is 7.99. The average Bonchev–Trinajstić information content (AvgIpc) is 2.33. The van der Waals surface area contributed by atoms with E-state index in [9.17, 15) is 0 Å². The molecule has 0 heterocycles. The van der Waals surface area contributed by atoms with Crippen LogP contribution in [0.4, 0.5) is 0 Å². The number of thioether (sulfide) groups is 1. The van der Waals surface area contributed by atoms with Crippen molar-refractivity contribution in [3.8, 4) is 0 Å². The average molecular weight is 239 g/mol. The summed E-state index contributed by atoms with van der Waals surface area (Å²) in [7, 11) is 2.00. The third-order valence-corrected chi connectivity index (χ3v) is 3.71. The number of hydrogen-bond donors (Lipinski definition) is 2. The van der Waals surface area contributed by atoms with Gasteiger partial charge in [0.1, 0.15) is 0 Å². The zero-order chi connectivity index (χ0) is 11.8. The number of aliphatic hydroxyl groups excluding tert-OH is 1. The van der Waals surface area contributed by atoms with E-state index in [0.29, 0.717) is 6.04 Å². The lowest BCUT2D eigenvalue weighted by molar-refractivity contribution is 0.296. The number of rotatable bonds is 7. The van der Waals surface area contributed by atoms with E-state index in [2.05, 4.69) is 36.5 Å². The Morgan fingerprint density at radius 3 is 2.50 bits per heavy atom. The molecule has 0 amide bonds. The second-order valence-corrected chi connectivity index (χ2v) is 4.91. The highest BCUT2D eigenvalue weighted by atomic mass is 32.2. The standard InChI is InChI=1S/C13H21NOS/c1-3-13(14-2)11-5-7-12(8-6-11)16-10-4-9-15/h5-8,13-15H,3-4,9-10H2,1-2H3. The molecule has 0 fully saturated rings. The molecule has 0 bridgehead atoms. The van der Waals surface area contributed by atoms with Crippen LogP contribution in [-0.4, -0.2) is 24.5 Å². The largest absolute Gasteiger partial charge is 0.396 e. The van der Waals surface area contributed by atoms with Crippen LogP contribution in [0.25, 0.3) is 0 Å². The predicted molar refractivity (Wildman–Crippen MR) is 71.0 cm³/mol. The molecule has 1 aromatic carbocycles. The van der Waals surface area contributed by atoms with Crippen LogP contribution in [0.5, 0.6) is 0 Å². The van der Waals surface area contributed by atoms with Gasteiger partial charge >= 0.3 is 0 Å². The second-order valence-electron chi connectivity index (χ2n) is 3.74. The summed E-state index contributed by atoms with van der Waals surface area (Å²) >= 11 is 1.80. The highest BCUT2D eigenvalue weighted by Crippen LogP contribution is 2.22. The molecular weight excluding hydrogens is 218 g/mol. The molecule has 0 spiro atoms. The summed E-state index contributed by atoms with van der Waals surface area (Å²) in [4.78, 5) is 1.28. The van der Waals surface area contributed by atoms with Crippen molar-refractivity contribution in [2.24, 2.45) is 0 Å². The van der Waals surface area contributed by atoms with E-state index in [1.165, 1.54) is 10.5 Å². The van der Waals surface area contributed by atoms with Crippen molar-refractivity contribution < 1.29 is 5.11 Å². The molecule has 0 saturated heterocycles. The molecule has 0 radical (unpaired) electrons. The van der Waals surface area contributed by atoms with Crippen LogP contribution in [0.15, 0.2) is 29.2 Å². The Hall–Kier alpha value is -0.510. The van der Waals surface area contributed by atoms with Gasteiger partial charge in [-0.25, -0.2) is 0 Å². The maximum Gasteiger partial charge on any atom is 0.0439 e. The maximum atomic E-state index is 8.70. The van der Waals surface area contributed by atoms with Crippen molar-refractivity contribution in [2.75, 3.05) is 19.4 Å².